The molecule has 9 heteroatoms. The predicted octanol–water partition coefficient (Wildman–Crippen LogP) is 6.15. The molecule has 6 nitrogen and oxygen atoms in total. The van der Waals surface area contributed by atoms with Crippen molar-refractivity contribution in [1.29, 1.82) is 0 Å². The van der Waals surface area contributed by atoms with Gasteiger partial charge in [-0.3, -0.25) is 0 Å². The molecule has 4 aromatic rings. The van der Waals surface area contributed by atoms with Gasteiger partial charge in [-0.25, -0.2) is 9.97 Å². The zero-order valence-corrected chi connectivity index (χ0v) is 17.2. The van der Waals surface area contributed by atoms with Gasteiger partial charge in [0, 0.05) is 28.5 Å². The van der Waals surface area contributed by atoms with Crippen LogP contribution in [0, 0.1) is 0 Å². The van der Waals surface area contributed by atoms with Crippen LogP contribution in [-0.2, 0) is 6.18 Å². The van der Waals surface area contributed by atoms with E-state index in [2.05, 4.69) is 20.6 Å². The molecule has 0 aliphatic carbocycles. The number of fused-ring (bicyclic) bond motifs is 1. The quantitative estimate of drug-likeness (QED) is 0.375. The highest BCUT2D eigenvalue weighted by Gasteiger charge is 2.35. The summed E-state index contributed by atoms with van der Waals surface area (Å²) < 4.78 is 50.7. The van der Waals surface area contributed by atoms with Crippen LogP contribution in [0.15, 0.2) is 66.7 Å². The fraction of sp³-hybridized carbons (Fsp3) is 0.130. The Morgan fingerprint density at radius 3 is 1.88 bits per heavy atom. The fourth-order valence-electron chi connectivity index (χ4n) is 3.14. The van der Waals surface area contributed by atoms with Crippen molar-refractivity contribution in [2.24, 2.45) is 0 Å². The summed E-state index contributed by atoms with van der Waals surface area (Å²) in [5.74, 6) is -0.614. The summed E-state index contributed by atoms with van der Waals surface area (Å²) in [4.78, 5) is 7.40. The van der Waals surface area contributed by atoms with Gasteiger partial charge in [-0.2, -0.15) is 13.2 Å². The summed E-state index contributed by atoms with van der Waals surface area (Å²) >= 11 is 0. The zero-order chi connectivity index (χ0) is 22.7. The van der Waals surface area contributed by atoms with Crippen LogP contribution in [0.2, 0.25) is 0 Å². The third kappa shape index (κ3) is 4.51. The molecule has 3 aromatic carbocycles. The Labute approximate surface area is 182 Å². The molecule has 1 aromatic heterocycles. The zero-order valence-electron chi connectivity index (χ0n) is 17.2. The number of hydrogen-bond donors (Lipinski definition) is 2. The Hall–Kier alpha value is -4.01. The van der Waals surface area contributed by atoms with Gasteiger partial charge in [-0.1, -0.05) is 18.2 Å². The molecule has 4 rings (SSSR count). The Balaban J connectivity index is 1.70. The van der Waals surface area contributed by atoms with E-state index in [-0.39, 0.29) is 17.1 Å². The van der Waals surface area contributed by atoms with Gasteiger partial charge in [-0.05, 0) is 42.5 Å². The third-order valence-corrected chi connectivity index (χ3v) is 4.66. The molecule has 0 aliphatic rings. The van der Waals surface area contributed by atoms with Crippen molar-refractivity contribution in [3.8, 4) is 11.5 Å². The van der Waals surface area contributed by atoms with Crippen molar-refractivity contribution in [3.63, 3.8) is 0 Å². The smallest absolute Gasteiger partial charge is 0.451 e. The van der Waals surface area contributed by atoms with E-state index in [0.29, 0.717) is 16.8 Å². The maximum Gasteiger partial charge on any atom is 0.451 e. The van der Waals surface area contributed by atoms with E-state index < -0.39 is 12.0 Å². The number of halogens is 3. The first kappa shape index (κ1) is 21.2. The number of ether oxygens (including phenoxy) is 2. The number of para-hydroxylation sites is 1. The number of anilines is 4. The van der Waals surface area contributed by atoms with Crippen LogP contribution < -0.4 is 20.1 Å². The van der Waals surface area contributed by atoms with Crippen molar-refractivity contribution in [3.05, 3.63) is 72.6 Å². The predicted molar refractivity (Wildman–Crippen MR) is 117 cm³/mol. The minimum atomic E-state index is -4.71. The largest absolute Gasteiger partial charge is 0.493 e. The number of nitrogens with zero attached hydrogens (tertiary/aromatic N) is 2. The molecule has 0 atom stereocenters. The lowest BCUT2D eigenvalue weighted by Crippen LogP contribution is -2.13. The van der Waals surface area contributed by atoms with E-state index in [1.807, 2.05) is 42.5 Å². The molecule has 32 heavy (non-hydrogen) atoms. The molecular formula is C23H19F3N4O2. The van der Waals surface area contributed by atoms with Crippen LogP contribution in [0.3, 0.4) is 0 Å². The summed E-state index contributed by atoms with van der Waals surface area (Å²) in [6.45, 7) is 0. The first-order chi connectivity index (χ1) is 15.4. The molecule has 0 fully saturated rings. The number of benzene rings is 3. The van der Waals surface area contributed by atoms with Gasteiger partial charge in [0.1, 0.15) is 5.82 Å². The van der Waals surface area contributed by atoms with Crippen LogP contribution in [0.25, 0.3) is 10.9 Å². The Morgan fingerprint density at radius 1 is 0.719 bits per heavy atom. The van der Waals surface area contributed by atoms with Crippen LogP contribution in [-0.4, -0.2) is 24.2 Å². The van der Waals surface area contributed by atoms with Gasteiger partial charge in [0.15, 0.2) is 11.5 Å². The highest BCUT2D eigenvalue weighted by molar-refractivity contribution is 5.93. The monoisotopic (exact) mass is 440 g/mol. The molecule has 0 aliphatic heterocycles. The normalized spacial score (nSPS) is 11.3. The Morgan fingerprint density at radius 2 is 1.28 bits per heavy atom. The van der Waals surface area contributed by atoms with Gasteiger partial charge >= 0.3 is 6.18 Å². The first-order valence-corrected chi connectivity index (χ1v) is 9.57. The van der Waals surface area contributed by atoms with E-state index in [9.17, 15) is 13.2 Å². The number of methoxy groups -OCH3 is 2. The molecule has 164 valence electrons. The SMILES string of the molecule is COc1cc2nc(C(F)(F)F)nc(Nc3ccc(Nc4ccccc4)cc3)c2cc1OC. The minimum absolute atomic E-state index is 0.00652. The van der Waals surface area contributed by atoms with Crippen molar-refractivity contribution in [1.82, 2.24) is 9.97 Å². The number of hydrogen-bond acceptors (Lipinski definition) is 6. The number of aromatic nitrogens is 2. The second kappa shape index (κ2) is 8.62. The molecule has 0 saturated heterocycles. The van der Waals surface area contributed by atoms with E-state index in [0.717, 1.165) is 11.4 Å². The fourth-order valence-corrected chi connectivity index (χ4v) is 3.14. The van der Waals surface area contributed by atoms with E-state index in [4.69, 9.17) is 9.47 Å². The van der Waals surface area contributed by atoms with Gasteiger partial charge < -0.3 is 20.1 Å². The summed E-state index contributed by atoms with van der Waals surface area (Å²) in [6.07, 6.45) is -4.71. The van der Waals surface area contributed by atoms with Gasteiger partial charge in [0.25, 0.3) is 0 Å². The van der Waals surface area contributed by atoms with Crippen molar-refractivity contribution in [2.45, 2.75) is 6.18 Å². The molecule has 0 unspecified atom stereocenters. The summed E-state index contributed by atoms with van der Waals surface area (Å²) in [7, 11) is 2.85. The lowest BCUT2D eigenvalue weighted by atomic mass is 10.2. The van der Waals surface area contributed by atoms with Crippen molar-refractivity contribution >= 4 is 33.8 Å². The maximum atomic E-state index is 13.4. The van der Waals surface area contributed by atoms with Gasteiger partial charge in [-0.15, -0.1) is 0 Å². The summed E-state index contributed by atoms with van der Waals surface area (Å²) in [5.41, 5.74) is 2.39. The van der Waals surface area contributed by atoms with Crippen molar-refractivity contribution in [2.75, 3.05) is 24.9 Å². The van der Waals surface area contributed by atoms with Crippen LogP contribution in [0.5, 0.6) is 11.5 Å². The molecule has 0 spiro atoms. The average Bonchev–Trinajstić information content (AvgIpc) is 2.79. The topological polar surface area (TPSA) is 68.3 Å². The lowest BCUT2D eigenvalue weighted by molar-refractivity contribution is -0.144. The van der Waals surface area contributed by atoms with Crippen LogP contribution in [0.4, 0.5) is 36.1 Å². The summed E-state index contributed by atoms with van der Waals surface area (Å²) in [5, 5.41) is 6.58. The third-order valence-electron chi connectivity index (χ3n) is 4.66. The van der Waals surface area contributed by atoms with E-state index >= 15 is 0 Å². The Bertz CT molecular complexity index is 1230. The highest BCUT2D eigenvalue weighted by Crippen LogP contribution is 2.37. The van der Waals surface area contributed by atoms with Crippen LogP contribution >= 0.6 is 0 Å². The molecule has 0 saturated carbocycles. The molecule has 0 bridgehead atoms. The summed E-state index contributed by atoms with van der Waals surface area (Å²) in [6, 6.07) is 19.7. The van der Waals surface area contributed by atoms with E-state index in [1.165, 1.54) is 20.3 Å². The molecule has 2 N–H and O–H groups in total. The van der Waals surface area contributed by atoms with Gasteiger partial charge in [0.05, 0.1) is 19.7 Å². The first-order valence-electron chi connectivity index (χ1n) is 9.57. The molecular weight excluding hydrogens is 421 g/mol. The standard InChI is InChI=1S/C23H19F3N4O2/c1-31-19-12-17-18(13-20(19)32-2)29-22(23(24,25)26)30-21(17)28-16-10-8-15(9-11-16)27-14-6-4-3-5-7-14/h3-13,27H,1-2H3,(H,28,29,30). The number of alkyl halides is 3. The second-order valence-electron chi connectivity index (χ2n) is 6.81. The molecule has 1 heterocycles. The maximum absolute atomic E-state index is 13.4. The van der Waals surface area contributed by atoms with Crippen LogP contribution in [0.1, 0.15) is 5.82 Å². The van der Waals surface area contributed by atoms with Gasteiger partial charge in [0.2, 0.25) is 5.82 Å². The van der Waals surface area contributed by atoms with Crippen molar-refractivity contribution < 1.29 is 22.6 Å². The Kier molecular flexibility index (Phi) is 5.72. The number of nitrogens with one attached hydrogen (secondary N) is 2. The average molecular weight is 440 g/mol. The molecule has 0 amide bonds. The minimum Gasteiger partial charge on any atom is -0.493 e. The van der Waals surface area contributed by atoms with E-state index in [1.54, 1.807) is 18.2 Å². The molecule has 0 radical (unpaired) electrons. The highest BCUT2D eigenvalue weighted by atomic mass is 19.4. The number of rotatable bonds is 6. The second-order valence-corrected chi connectivity index (χ2v) is 6.81. The lowest BCUT2D eigenvalue weighted by Gasteiger charge is -2.15.